The van der Waals surface area contributed by atoms with E-state index < -0.39 is 5.41 Å². The number of carbonyl (C=O) groups is 1. The van der Waals surface area contributed by atoms with Gasteiger partial charge in [0.25, 0.3) is 5.56 Å². The molecule has 0 radical (unpaired) electrons. The highest BCUT2D eigenvalue weighted by Crippen LogP contribution is 2.39. The lowest BCUT2D eigenvalue weighted by Crippen LogP contribution is -2.44. The highest BCUT2D eigenvalue weighted by atomic mass is 16.5. The minimum absolute atomic E-state index is 0.000731. The third kappa shape index (κ3) is 5.39. The Balaban J connectivity index is 1.33. The number of ether oxygens (including phenoxy) is 2. The predicted octanol–water partition coefficient (Wildman–Crippen LogP) is 2.97. The molecular weight excluding hydrogens is 558 g/mol. The molecule has 11 nitrogen and oxygen atoms in total. The Morgan fingerprint density at radius 3 is 2.66 bits per heavy atom. The van der Waals surface area contributed by atoms with Gasteiger partial charge in [0, 0.05) is 64.8 Å². The van der Waals surface area contributed by atoms with Gasteiger partial charge in [0.15, 0.2) is 0 Å². The second-order valence-corrected chi connectivity index (χ2v) is 12.4. The summed E-state index contributed by atoms with van der Waals surface area (Å²) >= 11 is 0. The molecule has 6 rings (SSSR count). The van der Waals surface area contributed by atoms with Crippen LogP contribution in [0.3, 0.4) is 0 Å². The number of methoxy groups -OCH3 is 1. The standard InChI is InChI=1S/C33H41N7O4/c1-21-17-35-38(5)27(21)9-10-29-36-26-16-23(39-13-14-44-24(19-39)20-43-6)7-8-25(26)31(41)40(29)12-11-22-15-28-30(34-18-22)33(2,3)32(42)37(28)4/h7-8,15-18,24H,9-14,19-20H2,1-6H3/t24-/m1/s1. The van der Waals surface area contributed by atoms with Crippen LogP contribution in [0.1, 0.15) is 42.2 Å². The Labute approximate surface area is 257 Å². The molecule has 0 unspecified atom stereocenters. The molecule has 2 aliphatic rings. The van der Waals surface area contributed by atoms with Crippen LogP contribution in [0, 0.1) is 6.92 Å². The number of pyridine rings is 1. The molecule has 5 heterocycles. The molecule has 1 atom stereocenters. The second kappa shape index (κ2) is 11.8. The number of amides is 1. The van der Waals surface area contributed by atoms with Crippen molar-refractivity contribution in [3.8, 4) is 0 Å². The lowest BCUT2D eigenvalue weighted by Gasteiger charge is -2.34. The molecule has 1 saturated heterocycles. The number of anilines is 2. The van der Waals surface area contributed by atoms with Crippen LogP contribution in [0.15, 0.2) is 41.5 Å². The van der Waals surface area contributed by atoms with E-state index in [0.29, 0.717) is 49.9 Å². The van der Waals surface area contributed by atoms with Crippen LogP contribution in [0.25, 0.3) is 10.9 Å². The van der Waals surface area contributed by atoms with Crippen molar-refractivity contribution in [1.82, 2.24) is 24.3 Å². The van der Waals surface area contributed by atoms with Crippen LogP contribution >= 0.6 is 0 Å². The van der Waals surface area contributed by atoms with E-state index in [1.165, 1.54) is 0 Å². The summed E-state index contributed by atoms with van der Waals surface area (Å²) in [7, 11) is 5.42. The van der Waals surface area contributed by atoms with Gasteiger partial charge in [0.05, 0.1) is 53.2 Å². The molecule has 4 aromatic rings. The van der Waals surface area contributed by atoms with Gasteiger partial charge < -0.3 is 19.3 Å². The van der Waals surface area contributed by atoms with Gasteiger partial charge in [-0.3, -0.25) is 23.8 Å². The summed E-state index contributed by atoms with van der Waals surface area (Å²) in [5.41, 5.74) is 5.83. The summed E-state index contributed by atoms with van der Waals surface area (Å²) < 4.78 is 14.9. The van der Waals surface area contributed by atoms with E-state index in [0.717, 1.165) is 52.8 Å². The van der Waals surface area contributed by atoms with E-state index >= 15 is 0 Å². The molecule has 0 bridgehead atoms. The number of morpholine rings is 1. The Kier molecular flexibility index (Phi) is 8.02. The highest BCUT2D eigenvalue weighted by Gasteiger charge is 2.43. The van der Waals surface area contributed by atoms with Gasteiger partial charge in [-0.25, -0.2) is 4.98 Å². The van der Waals surface area contributed by atoms with E-state index in [1.54, 1.807) is 19.1 Å². The Morgan fingerprint density at radius 1 is 1.09 bits per heavy atom. The van der Waals surface area contributed by atoms with Crippen molar-refractivity contribution in [2.24, 2.45) is 7.05 Å². The third-order valence-electron chi connectivity index (χ3n) is 9.07. The summed E-state index contributed by atoms with van der Waals surface area (Å²) in [5, 5.41) is 4.99. The zero-order chi connectivity index (χ0) is 31.2. The van der Waals surface area contributed by atoms with Crippen molar-refractivity contribution in [3.05, 3.63) is 75.4 Å². The number of carbonyl (C=O) groups excluding carboxylic acids is 1. The zero-order valence-electron chi connectivity index (χ0n) is 26.5. The van der Waals surface area contributed by atoms with Crippen LogP contribution in [-0.2, 0) is 52.5 Å². The highest BCUT2D eigenvalue weighted by molar-refractivity contribution is 6.06. The van der Waals surface area contributed by atoms with Crippen LogP contribution in [0.2, 0.25) is 0 Å². The number of nitrogens with zero attached hydrogens (tertiary/aromatic N) is 7. The van der Waals surface area contributed by atoms with E-state index in [2.05, 4.69) is 21.9 Å². The molecular formula is C33H41N7O4. The number of fused-ring (bicyclic) bond motifs is 2. The van der Waals surface area contributed by atoms with E-state index in [-0.39, 0.29) is 17.6 Å². The quantitative estimate of drug-likeness (QED) is 0.289. The van der Waals surface area contributed by atoms with Gasteiger partial charge in [-0.15, -0.1) is 0 Å². The van der Waals surface area contributed by atoms with E-state index in [9.17, 15) is 9.59 Å². The summed E-state index contributed by atoms with van der Waals surface area (Å²) in [5.74, 6) is 0.771. The first-order chi connectivity index (χ1) is 21.1. The minimum Gasteiger partial charge on any atom is -0.382 e. The maximum atomic E-state index is 14.0. The van der Waals surface area contributed by atoms with Crippen molar-refractivity contribution >= 4 is 28.2 Å². The average molecular weight is 600 g/mol. The topological polar surface area (TPSA) is 108 Å². The van der Waals surface area contributed by atoms with Gasteiger partial charge in [0.1, 0.15) is 5.82 Å². The van der Waals surface area contributed by atoms with E-state index in [1.807, 2.05) is 66.8 Å². The van der Waals surface area contributed by atoms with Crippen LogP contribution in [0.5, 0.6) is 0 Å². The normalized spacial score (nSPS) is 18.0. The SMILES string of the molecule is COC[C@H]1CN(c2ccc3c(=O)n(CCc4cnc5c(c4)N(C)C(=O)C5(C)C)c(CCc4c(C)cnn4C)nc3c2)CCO1. The van der Waals surface area contributed by atoms with Gasteiger partial charge in [-0.05, 0) is 69.0 Å². The molecule has 2 aliphatic heterocycles. The summed E-state index contributed by atoms with van der Waals surface area (Å²) in [6, 6.07) is 7.95. The van der Waals surface area contributed by atoms with Gasteiger partial charge in [-0.1, -0.05) is 0 Å². The van der Waals surface area contributed by atoms with Crippen molar-refractivity contribution in [2.45, 2.75) is 58.1 Å². The zero-order valence-corrected chi connectivity index (χ0v) is 26.5. The lowest BCUT2D eigenvalue weighted by molar-refractivity contribution is -0.121. The number of hydrogen-bond acceptors (Lipinski definition) is 8. The molecule has 44 heavy (non-hydrogen) atoms. The number of rotatable bonds is 9. The second-order valence-electron chi connectivity index (χ2n) is 12.4. The monoisotopic (exact) mass is 599 g/mol. The first kappa shape index (κ1) is 30.0. The molecule has 0 N–H and O–H groups in total. The van der Waals surface area contributed by atoms with Crippen LogP contribution in [-0.4, -0.2) is 76.8 Å². The molecule has 3 aromatic heterocycles. The number of aromatic nitrogens is 5. The smallest absolute Gasteiger partial charge is 0.261 e. The first-order valence-electron chi connectivity index (χ1n) is 15.2. The van der Waals surface area contributed by atoms with Crippen LogP contribution in [0.4, 0.5) is 11.4 Å². The van der Waals surface area contributed by atoms with Gasteiger partial charge in [0.2, 0.25) is 5.91 Å². The number of likely N-dealkylation sites (N-methyl/N-ethyl adjacent to an activating group) is 1. The number of aryl methyl sites for hydroxylation is 4. The van der Waals surface area contributed by atoms with E-state index in [4.69, 9.17) is 14.5 Å². The van der Waals surface area contributed by atoms with Crippen LogP contribution < -0.4 is 15.4 Å². The fourth-order valence-electron chi connectivity index (χ4n) is 6.52. The maximum Gasteiger partial charge on any atom is 0.261 e. The fourth-order valence-corrected chi connectivity index (χ4v) is 6.52. The minimum atomic E-state index is -0.649. The number of hydrogen-bond donors (Lipinski definition) is 0. The first-order valence-corrected chi connectivity index (χ1v) is 15.2. The lowest BCUT2D eigenvalue weighted by atomic mass is 9.90. The molecule has 0 spiro atoms. The molecule has 1 fully saturated rings. The van der Waals surface area contributed by atoms with Gasteiger partial charge >= 0.3 is 0 Å². The Morgan fingerprint density at radius 2 is 1.91 bits per heavy atom. The van der Waals surface area contributed by atoms with Gasteiger partial charge in [-0.2, -0.15) is 5.10 Å². The predicted molar refractivity (Wildman–Crippen MR) is 170 cm³/mol. The maximum absolute atomic E-state index is 14.0. The third-order valence-corrected chi connectivity index (χ3v) is 9.07. The van der Waals surface area contributed by atoms with Crippen molar-refractivity contribution < 1.29 is 14.3 Å². The summed E-state index contributed by atoms with van der Waals surface area (Å²) in [6.45, 7) is 8.96. The van der Waals surface area contributed by atoms with Crippen molar-refractivity contribution in [1.29, 1.82) is 0 Å². The average Bonchev–Trinajstić information content (AvgIpc) is 3.42. The molecule has 0 aliphatic carbocycles. The molecule has 0 saturated carbocycles. The molecule has 11 heteroatoms. The summed E-state index contributed by atoms with van der Waals surface area (Å²) in [4.78, 5) is 40.6. The number of benzene rings is 1. The largest absolute Gasteiger partial charge is 0.382 e. The molecule has 1 amide bonds. The van der Waals surface area contributed by atoms with Crippen molar-refractivity contribution in [2.75, 3.05) is 50.3 Å². The van der Waals surface area contributed by atoms with Crippen molar-refractivity contribution in [3.63, 3.8) is 0 Å². The fraction of sp³-hybridized carbons (Fsp3) is 0.485. The Hall–Kier alpha value is -4.09. The Bertz CT molecular complexity index is 1750. The summed E-state index contributed by atoms with van der Waals surface area (Å²) in [6.07, 6.45) is 5.59. The molecule has 232 valence electrons. The molecule has 1 aromatic carbocycles.